The van der Waals surface area contributed by atoms with Crippen LogP contribution in [0.4, 0.5) is 0 Å². The van der Waals surface area contributed by atoms with Gasteiger partial charge in [0.2, 0.25) is 0 Å². The third-order valence-corrected chi connectivity index (χ3v) is 2.43. The first-order valence-electron chi connectivity index (χ1n) is 5.75. The van der Waals surface area contributed by atoms with Crippen LogP contribution in [0.5, 0.6) is 5.75 Å². The summed E-state index contributed by atoms with van der Waals surface area (Å²) in [5, 5.41) is 12.7. The molecule has 0 unspecified atom stereocenters. The molecule has 0 aromatic heterocycles. The van der Waals surface area contributed by atoms with Crippen LogP contribution in [0, 0.1) is 0 Å². The van der Waals surface area contributed by atoms with E-state index in [1.165, 1.54) is 12.5 Å². The van der Waals surface area contributed by atoms with Gasteiger partial charge in [-0.1, -0.05) is 19.1 Å². The molecule has 1 rings (SSSR count). The van der Waals surface area contributed by atoms with Crippen LogP contribution in [0.2, 0.25) is 0 Å². The Bertz CT molecular complexity index is 414. The Hall–Kier alpha value is -2.04. The Morgan fingerprint density at radius 3 is 2.44 bits per heavy atom. The van der Waals surface area contributed by atoms with Gasteiger partial charge >= 0.3 is 0 Å². The Labute approximate surface area is 106 Å². The lowest BCUT2D eigenvalue weighted by Gasteiger charge is -2.14. The van der Waals surface area contributed by atoms with Crippen molar-refractivity contribution in [3.05, 3.63) is 29.8 Å². The zero-order valence-corrected chi connectivity index (χ0v) is 10.4. The minimum absolute atomic E-state index is 0.219. The van der Waals surface area contributed by atoms with Crippen LogP contribution in [-0.4, -0.2) is 24.5 Å². The highest BCUT2D eigenvalue weighted by molar-refractivity contribution is 5.83. The fourth-order valence-electron chi connectivity index (χ4n) is 1.31. The molecule has 1 N–H and O–H groups in total. The molecule has 1 aromatic carbocycles. The fourth-order valence-corrected chi connectivity index (χ4v) is 1.31. The Balaban J connectivity index is 2.40. The number of benzene rings is 1. The molecule has 5 nitrogen and oxygen atoms in total. The van der Waals surface area contributed by atoms with Gasteiger partial charge in [0.1, 0.15) is 5.75 Å². The van der Waals surface area contributed by atoms with Crippen molar-refractivity contribution in [3.8, 4) is 5.75 Å². The van der Waals surface area contributed by atoms with E-state index in [1.54, 1.807) is 12.1 Å². The summed E-state index contributed by atoms with van der Waals surface area (Å²) >= 11 is 0. The number of nitrogens with one attached hydrogen (secondary N) is 1. The summed E-state index contributed by atoms with van der Waals surface area (Å²) in [4.78, 5) is 21.7. The van der Waals surface area contributed by atoms with Gasteiger partial charge in [-0.2, -0.15) is 0 Å². The van der Waals surface area contributed by atoms with E-state index in [0.29, 0.717) is 5.75 Å². The fraction of sp³-hybridized carbons (Fsp3) is 0.385. The molecule has 0 radical (unpaired) electrons. The standard InChI is InChI=1S/C13H17NO4/c1-3-10-4-6-11(7-5-10)18-8-12(15)14-9(2)13(16)17/h4-7,9H,3,8H2,1-2H3,(H,14,15)(H,16,17)/p-1/t9-/m0/s1. The van der Waals surface area contributed by atoms with E-state index in [4.69, 9.17) is 4.74 Å². The number of rotatable bonds is 6. The molecule has 1 amide bonds. The molecular weight excluding hydrogens is 234 g/mol. The highest BCUT2D eigenvalue weighted by Crippen LogP contribution is 2.12. The second-order valence-corrected chi connectivity index (χ2v) is 3.89. The van der Waals surface area contributed by atoms with E-state index < -0.39 is 17.9 Å². The first-order valence-corrected chi connectivity index (χ1v) is 5.75. The van der Waals surface area contributed by atoms with Crippen molar-refractivity contribution in [2.24, 2.45) is 0 Å². The van der Waals surface area contributed by atoms with Crippen LogP contribution in [-0.2, 0) is 16.0 Å². The number of hydrogen-bond donors (Lipinski definition) is 1. The lowest BCUT2D eigenvalue weighted by molar-refractivity contribution is -0.307. The molecule has 0 saturated carbocycles. The lowest BCUT2D eigenvalue weighted by atomic mass is 10.2. The first-order chi connectivity index (χ1) is 8.52. The van der Waals surface area contributed by atoms with Crippen LogP contribution >= 0.6 is 0 Å². The number of carboxylic acids is 1. The van der Waals surface area contributed by atoms with Crippen molar-refractivity contribution in [2.45, 2.75) is 26.3 Å². The molecule has 0 spiro atoms. The molecule has 1 aromatic rings. The average Bonchev–Trinajstić information content (AvgIpc) is 2.36. The number of carbonyl (C=O) groups is 2. The average molecular weight is 250 g/mol. The minimum Gasteiger partial charge on any atom is -0.548 e. The van der Waals surface area contributed by atoms with E-state index in [-0.39, 0.29) is 6.61 Å². The summed E-state index contributed by atoms with van der Waals surface area (Å²) in [6.07, 6.45) is 0.934. The van der Waals surface area contributed by atoms with Crippen LogP contribution < -0.4 is 15.2 Å². The van der Waals surface area contributed by atoms with Crippen molar-refractivity contribution in [3.63, 3.8) is 0 Å². The van der Waals surface area contributed by atoms with Crippen molar-refractivity contribution in [1.29, 1.82) is 0 Å². The van der Waals surface area contributed by atoms with Gasteiger partial charge in [-0.25, -0.2) is 0 Å². The number of aliphatic carboxylic acids is 1. The number of carboxylic acid groups (broad SMARTS) is 1. The van der Waals surface area contributed by atoms with E-state index in [0.717, 1.165) is 6.42 Å². The minimum atomic E-state index is -1.32. The van der Waals surface area contributed by atoms with Gasteiger partial charge in [-0.05, 0) is 31.0 Å². The van der Waals surface area contributed by atoms with E-state index in [2.05, 4.69) is 5.32 Å². The quantitative estimate of drug-likeness (QED) is 0.763. The number of amides is 1. The van der Waals surface area contributed by atoms with Crippen molar-refractivity contribution >= 4 is 11.9 Å². The van der Waals surface area contributed by atoms with Crippen LogP contribution in [0.1, 0.15) is 19.4 Å². The number of carbonyl (C=O) groups excluding carboxylic acids is 2. The van der Waals surface area contributed by atoms with Gasteiger partial charge in [-0.15, -0.1) is 0 Å². The summed E-state index contributed by atoms with van der Waals surface area (Å²) < 4.78 is 5.22. The van der Waals surface area contributed by atoms with Gasteiger partial charge in [0, 0.05) is 0 Å². The zero-order chi connectivity index (χ0) is 13.5. The summed E-state index contributed by atoms with van der Waals surface area (Å²) in [7, 11) is 0. The molecule has 0 aliphatic heterocycles. The highest BCUT2D eigenvalue weighted by atomic mass is 16.5. The third kappa shape index (κ3) is 4.45. The monoisotopic (exact) mass is 250 g/mol. The number of aryl methyl sites for hydroxylation is 1. The highest BCUT2D eigenvalue weighted by Gasteiger charge is 2.08. The van der Waals surface area contributed by atoms with Gasteiger partial charge < -0.3 is 20.0 Å². The maximum absolute atomic E-state index is 11.3. The summed E-state index contributed by atoms with van der Waals surface area (Å²) in [5.41, 5.74) is 1.18. The maximum Gasteiger partial charge on any atom is 0.258 e. The van der Waals surface area contributed by atoms with E-state index in [1.807, 2.05) is 19.1 Å². The molecule has 0 aliphatic rings. The number of hydrogen-bond acceptors (Lipinski definition) is 4. The van der Waals surface area contributed by atoms with Crippen molar-refractivity contribution in [2.75, 3.05) is 6.61 Å². The molecular formula is C13H16NO4-. The normalized spacial score (nSPS) is 11.7. The summed E-state index contributed by atoms with van der Waals surface area (Å²) in [6, 6.07) is 6.35. The van der Waals surface area contributed by atoms with E-state index in [9.17, 15) is 14.7 Å². The van der Waals surface area contributed by atoms with E-state index >= 15 is 0 Å². The van der Waals surface area contributed by atoms with Gasteiger partial charge in [0.05, 0.1) is 12.0 Å². The SMILES string of the molecule is CCc1ccc(OCC(=O)N[C@@H](C)C(=O)[O-])cc1. The number of ether oxygens (including phenoxy) is 1. The van der Waals surface area contributed by atoms with Crippen molar-refractivity contribution < 1.29 is 19.4 Å². The summed E-state index contributed by atoms with van der Waals surface area (Å²) in [6.45, 7) is 3.16. The molecule has 0 heterocycles. The molecule has 98 valence electrons. The first kappa shape index (κ1) is 14.0. The zero-order valence-electron chi connectivity index (χ0n) is 10.4. The summed E-state index contributed by atoms with van der Waals surface area (Å²) in [5.74, 6) is -1.25. The van der Waals surface area contributed by atoms with Gasteiger partial charge in [0.15, 0.2) is 6.61 Å². The Morgan fingerprint density at radius 1 is 1.33 bits per heavy atom. The van der Waals surface area contributed by atoms with Crippen LogP contribution in [0.25, 0.3) is 0 Å². The Kier molecular flexibility index (Phi) is 5.17. The van der Waals surface area contributed by atoms with Gasteiger partial charge in [-0.3, -0.25) is 4.79 Å². The molecule has 1 atom stereocenters. The molecule has 0 fully saturated rings. The predicted octanol–water partition coefficient (Wildman–Crippen LogP) is -0.118. The van der Waals surface area contributed by atoms with Crippen molar-refractivity contribution in [1.82, 2.24) is 5.32 Å². The topological polar surface area (TPSA) is 78.5 Å². The van der Waals surface area contributed by atoms with Gasteiger partial charge in [0.25, 0.3) is 5.91 Å². The predicted molar refractivity (Wildman–Crippen MR) is 63.9 cm³/mol. The second-order valence-electron chi connectivity index (χ2n) is 3.89. The third-order valence-electron chi connectivity index (χ3n) is 2.43. The smallest absolute Gasteiger partial charge is 0.258 e. The molecule has 18 heavy (non-hydrogen) atoms. The second kappa shape index (κ2) is 6.64. The molecule has 0 aliphatic carbocycles. The van der Waals surface area contributed by atoms with Crippen LogP contribution in [0.15, 0.2) is 24.3 Å². The molecule has 0 bridgehead atoms. The Morgan fingerprint density at radius 2 is 1.94 bits per heavy atom. The molecule has 5 heteroatoms. The molecule has 0 saturated heterocycles. The lowest BCUT2D eigenvalue weighted by Crippen LogP contribution is -2.47. The maximum atomic E-state index is 11.3. The van der Waals surface area contributed by atoms with Crippen LogP contribution in [0.3, 0.4) is 0 Å². The largest absolute Gasteiger partial charge is 0.548 e.